The van der Waals surface area contributed by atoms with E-state index in [1.165, 1.54) is 12.3 Å². The lowest BCUT2D eigenvalue weighted by Gasteiger charge is -2.25. The van der Waals surface area contributed by atoms with E-state index in [-0.39, 0.29) is 28.1 Å². The molecule has 0 aromatic carbocycles. The zero-order valence-electron chi connectivity index (χ0n) is 16.2. The maximum atomic E-state index is 12.9. The maximum absolute atomic E-state index is 12.9. The van der Waals surface area contributed by atoms with Crippen molar-refractivity contribution in [2.75, 3.05) is 0 Å². The fourth-order valence-electron chi connectivity index (χ4n) is 3.11. The van der Waals surface area contributed by atoms with Crippen LogP contribution in [0.2, 0.25) is 0 Å². The van der Waals surface area contributed by atoms with Crippen LogP contribution in [-0.4, -0.2) is 33.2 Å². The highest BCUT2D eigenvalue weighted by molar-refractivity contribution is 9.10. The van der Waals surface area contributed by atoms with Crippen LogP contribution in [0.4, 0.5) is 13.2 Å². The summed E-state index contributed by atoms with van der Waals surface area (Å²) in [6.07, 6.45) is -2.32. The second kappa shape index (κ2) is 8.04. The monoisotopic (exact) mass is 475 g/mol. The number of carbonyl (C=O) groups excluding carboxylic acids is 1. The van der Waals surface area contributed by atoms with Crippen molar-refractivity contribution in [3.8, 4) is 5.75 Å². The molecule has 1 aliphatic rings. The van der Waals surface area contributed by atoms with Crippen molar-refractivity contribution >= 4 is 21.7 Å². The first kappa shape index (κ1) is 21.7. The molecule has 0 amide bonds. The van der Waals surface area contributed by atoms with Crippen LogP contribution in [-0.2, 0) is 5.41 Å². The Morgan fingerprint density at radius 1 is 1.41 bits per heavy atom. The first-order valence-corrected chi connectivity index (χ1v) is 10.00. The highest BCUT2D eigenvalue weighted by Crippen LogP contribution is 2.43. The average molecular weight is 476 g/mol. The van der Waals surface area contributed by atoms with Crippen LogP contribution >= 0.6 is 15.9 Å². The molecule has 0 spiro atoms. The molecule has 1 fully saturated rings. The summed E-state index contributed by atoms with van der Waals surface area (Å²) in [6.45, 7) is 4.48. The number of hydrogen-bond donors (Lipinski definition) is 0. The van der Waals surface area contributed by atoms with E-state index in [1.807, 2.05) is 6.92 Å². The smallest absolute Gasteiger partial charge is 0.425 e. The number of carbonyl (C=O) groups is 1. The molecule has 1 unspecified atom stereocenters. The van der Waals surface area contributed by atoms with E-state index in [9.17, 15) is 18.0 Å². The lowest BCUT2D eigenvalue weighted by molar-refractivity contribution is -0.189. The van der Waals surface area contributed by atoms with Crippen LogP contribution in [0.15, 0.2) is 21.3 Å². The molecule has 3 rings (SSSR count). The number of alkyl halides is 3. The SMILES string of the molecule is Cc1nc(C(C)(CC(=O)c2cc(O[C@@H](C)C(F)(F)F)c(Br)cn2)CC2CC2)no1. The van der Waals surface area contributed by atoms with Gasteiger partial charge in [-0.1, -0.05) is 24.9 Å². The van der Waals surface area contributed by atoms with Crippen LogP contribution in [0.1, 0.15) is 61.7 Å². The normalized spacial score (nSPS) is 17.6. The van der Waals surface area contributed by atoms with E-state index in [2.05, 4.69) is 31.1 Å². The minimum Gasteiger partial charge on any atom is -0.480 e. The zero-order chi connectivity index (χ0) is 21.4. The average Bonchev–Trinajstić information content (AvgIpc) is 3.31. The van der Waals surface area contributed by atoms with Gasteiger partial charge in [-0.15, -0.1) is 0 Å². The van der Waals surface area contributed by atoms with Gasteiger partial charge in [0.05, 0.1) is 4.47 Å². The van der Waals surface area contributed by atoms with Crippen LogP contribution in [0.5, 0.6) is 5.75 Å². The highest BCUT2D eigenvalue weighted by atomic mass is 79.9. The molecular weight excluding hydrogens is 455 g/mol. The van der Waals surface area contributed by atoms with Crippen molar-refractivity contribution < 1.29 is 27.2 Å². The van der Waals surface area contributed by atoms with Crippen molar-refractivity contribution in [2.45, 2.75) is 64.1 Å². The van der Waals surface area contributed by atoms with Gasteiger partial charge in [-0.3, -0.25) is 9.78 Å². The molecular formula is C19H21BrF3N3O3. The number of rotatable bonds is 8. The molecule has 0 aliphatic heterocycles. The Kier molecular flexibility index (Phi) is 6.03. The number of ketones is 1. The summed E-state index contributed by atoms with van der Waals surface area (Å²) < 4.78 is 48.8. The number of halogens is 4. The molecule has 2 heterocycles. The number of hydrogen-bond acceptors (Lipinski definition) is 6. The number of pyridine rings is 1. The first-order chi connectivity index (χ1) is 13.5. The number of ether oxygens (including phenoxy) is 1. The molecule has 2 aromatic rings. The predicted octanol–water partition coefficient (Wildman–Crippen LogP) is 5.20. The van der Waals surface area contributed by atoms with Gasteiger partial charge in [0.15, 0.2) is 17.7 Å². The van der Waals surface area contributed by atoms with Crippen molar-refractivity contribution in [3.05, 3.63) is 34.1 Å². The highest BCUT2D eigenvalue weighted by Gasteiger charge is 2.41. The van der Waals surface area contributed by atoms with Gasteiger partial charge in [-0.2, -0.15) is 18.2 Å². The van der Waals surface area contributed by atoms with Crippen molar-refractivity contribution in [3.63, 3.8) is 0 Å². The Labute approximate surface area is 174 Å². The van der Waals surface area contributed by atoms with Gasteiger partial charge in [-0.25, -0.2) is 0 Å². The summed E-state index contributed by atoms with van der Waals surface area (Å²) in [5, 5.41) is 4.00. The van der Waals surface area contributed by atoms with Crippen LogP contribution in [0, 0.1) is 12.8 Å². The summed E-state index contributed by atoms with van der Waals surface area (Å²) in [5.41, 5.74) is -0.620. The van der Waals surface area contributed by atoms with E-state index < -0.39 is 17.7 Å². The fourth-order valence-corrected chi connectivity index (χ4v) is 3.42. The number of aryl methyl sites for hydroxylation is 1. The predicted molar refractivity (Wildman–Crippen MR) is 101 cm³/mol. The Morgan fingerprint density at radius 2 is 2.10 bits per heavy atom. The molecule has 29 heavy (non-hydrogen) atoms. The summed E-state index contributed by atoms with van der Waals surface area (Å²) in [7, 11) is 0. The van der Waals surface area contributed by atoms with E-state index in [0.717, 1.165) is 26.2 Å². The van der Waals surface area contributed by atoms with Crippen LogP contribution in [0.25, 0.3) is 0 Å². The Morgan fingerprint density at radius 3 is 2.66 bits per heavy atom. The zero-order valence-corrected chi connectivity index (χ0v) is 17.8. The third-order valence-corrected chi connectivity index (χ3v) is 5.52. The maximum Gasteiger partial charge on any atom is 0.425 e. The van der Waals surface area contributed by atoms with E-state index in [0.29, 0.717) is 17.6 Å². The first-order valence-electron chi connectivity index (χ1n) is 9.21. The van der Waals surface area contributed by atoms with Crippen molar-refractivity contribution in [1.82, 2.24) is 15.1 Å². The molecule has 2 aromatic heterocycles. The quantitative estimate of drug-likeness (QED) is 0.488. The lowest BCUT2D eigenvalue weighted by atomic mass is 9.78. The van der Waals surface area contributed by atoms with Gasteiger partial charge < -0.3 is 9.26 Å². The van der Waals surface area contributed by atoms with Gasteiger partial charge in [0.2, 0.25) is 5.89 Å². The van der Waals surface area contributed by atoms with E-state index in [1.54, 1.807) is 6.92 Å². The molecule has 158 valence electrons. The largest absolute Gasteiger partial charge is 0.480 e. The topological polar surface area (TPSA) is 78.1 Å². The minimum absolute atomic E-state index is 0.0276. The summed E-state index contributed by atoms with van der Waals surface area (Å²) in [6, 6.07) is 1.23. The molecule has 2 atom stereocenters. The van der Waals surface area contributed by atoms with Gasteiger partial charge in [0, 0.05) is 31.0 Å². The molecule has 1 saturated carbocycles. The van der Waals surface area contributed by atoms with Gasteiger partial charge in [-0.05, 0) is 35.2 Å². The van der Waals surface area contributed by atoms with Gasteiger partial charge >= 0.3 is 6.18 Å². The summed E-state index contributed by atoms with van der Waals surface area (Å²) >= 11 is 3.12. The van der Waals surface area contributed by atoms with E-state index >= 15 is 0 Å². The van der Waals surface area contributed by atoms with E-state index in [4.69, 9.17) is 9.26 Å². The summed E-state index contributed by atoms with van der Waals surface area (Å²) in [4.78, 5) is 21.3. The fraction of sp³-hybridized carbons (Fsp3) is 0.579. The second-order valence-corrected chi connectivity index (χ2v) is 8.60. The molecule has 1 aliphatic carbocycles. The Balaban J connectivity index is 1.82. The van der Waals surface area contributed by atoms with Crippen molar-refractivity contribution in [2.24, 2.45) is 5.92 Å². The second-order valence-electron chi connectivity index (χ2n) is 7.75. The molecule has 0 N–H and O–H groups in total. The number of aromatic nitrogens is 3. The van der Waals surface area contributed by atoms with Gasteiger partial charge in [0.1, 0.15) is 11.4 Å². The molecule has 10 heteroatoms. The Bertz CT molecular complexity index is 898. The van der Waals surface area contributed by atoms with Crippen LogP contribution in [0.3, 0.4) is 0 Å². The molecule has 0 saturated heterocycles. The Hall–Kier alpha value is -1.97. The molecule has 0 bridgehead atoms. The number of Topliss-reactive ketones (excluding diaryl/α,β-unsaturated/α-hetero) is 1. The minimum atomic E-state index is -4.52. The van der Waals surface area contributed by atoms with Crippen LogP contribution < -0.4 is 4.74 Å². The molecule has 6 nitrogen and oxygen atoms in total. The molecule has 0 radical (unpaired) electrons. The lowest BCUT2D eigenvalue weighted by Crippen LogP contribution is -2.31. The third kappa shape index (κ3) is 5.34. The summed E-state index contributed by atoms with van der Waals surface area (Å²) in [5.74, 6) is 0.943. The third-order valence-electron chi connectivity index (χ3n) is 4.92. The standard InChI is InChI=1S/C19H21BrF3N3O3/c1-10(19(21,22)23)28-16-6-14(24-9-13(16)20)15(27)8-18(3,7-12-4-5-12)17-25-11(2)29-26-17/h6,9-10,12H,4-5,7-8H2,1-3H3/t10-,18?/m0/s1. The van der Waals surface area contributed by atoms with Gasteiger partial charge in [0.25, 0.3) is 0 Å². The van der Waals surface area contributed by atoms with Crippen molar-refractivity contribution in [1.29, 1.82) is 0 Å². The number of nitrogens with zero attached hydrogens (tertiary/aromatic N) is 3.